The predicted molar refractivity (Wildman–Crippen MR) is 73.0 cm³/mol. The molecule has 1 aliphatic rings. The maximum absolute atomic E-state index is 11.8. The fraction of sp³-hybridized carbons (Fsp3) is 0.667. The van der Waals surface area contributed by atoms with Crippen molar-refractivity contribution in [3.8, 4) is 0 Å². The molecule has 0 saturated carbocycles. The van der Waals surface area contributed by atoms with E-state index in [0.29, 0.717) is 18.2 Å². The van der Waals surface area contributed by atoms with E-state index in [1.165, 1.54) is 11.1 Å². The number of ketones is 1. The van der Waals surface area contributed by atoms with Gasteiger partial charge in [0.05, 0.1) is 0 Å². The van der Waals surface area contributed by atoms with Crippen LogP contribution in [-0.2, 0) is 4.79 Å². The molecule has 0 aliphatic heterocycles. The molecule has 0 saturated heterocycles. The third-order valence-electron chi connectivity index (χ3n) is 3.07. The molecular weight excluding hydrogens is 210 g/mol. The summed E-state index contributed by atoms with van der Waals surface area (Å²) in [6, 6.07) is 0.486. The zero-order valence-corrected chi connectivity index (χ0v) is 11.5. The highest BCUT2D eigenvalue weighted by Gasteiger charge is 2.15. The third-order valence-corrected chi connectivity index (χ3v) is 3.07. The maximum atomic E-state index is 11.8. The van der Waals surface area contributed by atoms with E-state index in [2.05, 4.69) is 31.3 Å². The van der Waals surface area contributed by atoms with Crippen molar-refractivity contribution in [2.45, 2.75) is 53.0 Å². The summed E-state index contributed by atoms with van der Waals surface area (Å²) >= 11 is 0. The van der Waals surface area contributed by atoms with E-state index in [1.54, 1.807) is 0 Å². The number of Topliss-reactive ketones (excluding diaryl/α,β-unsaturated/α-hetero) is 1. The van der Waals surface area contributed by atoms with Crippen LogP contribution in [0.3, 0.4) is 0 Å². The number of carbonyl (C=O) groups excluding carboxylic acids is 1. The van der Waals surface area contributed by atoms with Crippen molar-refractivity contribution >= 4 is 5.78 Å². The van der Waals surface area contributed by atoms with Crippen molar-refractivity contribution in [1.29, 1.82) is 0 Å². The molecule has 1 aliphatic carbocycles. The maximum Gasteiger partial charge on any atom is 0.139 e. The van der Waals surface area contributed by atoms with Gasteiger partial charge in [-0.25, -0.2) is 0 Å². The molecule has 0 aromatic rings. The van der Waals surface area contributed by atoms with Gasteiger partial charge in [-0.3, -0.25) is 4.79 Å². The van der Waals surface area contributed by atoms with Crippen LogP contribution in [-0.4, -0.2) is 18.4 Å². The Balaban J connectivity index is 2.59. The molecule has 2 nitrogen and oxygen atoms in total. The summed E-state index contributed by atoms with van der Waals surface area (Å²) in [6.07, 6.45) is 7.29. The van der Waals surface area contributed by atoms with Gasteiger partial charge in [-0.2, -0.15) is 0 Å². The van der Waals surface area contributed by atoms with Gasteiger partial charge in [0.15, 0.2) is 0 Å². The van der Waals surface area contributed by atoms with Gasteiger partial charge in [-0.05, 0) is 24.0 Å². The number of hydrogen-bond acceptors (Lipinski definition) is 2. The Morgan fingerprint density at radius 2 is 1.76 bits per heavy atom. The largest absolute Gasteiger partial charge is 0.310 e. The molecule has 0 aromatic carbocycles. The minimum atomic E-state index is 0.136. The number of nitrogens with one attached hydrogen (secondary N) is 1. The van der Waals surface area contributed by atoms with Crippen LogP contribution >= 0.6 is 0 Å². The fourth-order valence-corrected chi connectivity index (χ4v) is 1.85. The van der Waals surface area contributed by atoms with Crippen molar-refractivity contribution in [3.05, 3.63) is 23.3 Å². The molecule has 0 unspecified atom stereocenters. The van der Waals surface area contributed by atoms with Gasteiger partial charge in [0.2, 0.25) is 0 Å². The van der Waals surface area contributed by atoms with Crippen LogP contribution < -0.4 is 5.32 Å². The van der Waals surface area contributed by atoms with E-state index in [0.717, 1.165) is 19.4 Å². The first-order valence-electron chi connectivity index (χ1n) is 6.65. The van der Waals surface area contributed by atoms with Gasteiger partial charge in [0.25, 0.3) is 0 Å². The van der Waals surface area contributed by atoms with Crippen molar-refractivity contribution < 1.29 is 4.79 Å². The lowest BCUT2D eigenvalue weighted by Gasteiger charge is -2.18. The van der Waals surface area contributed by atoms with Crippen LogP contribution in [0.4, 0.5) is 0 Å². The van der Waals surface area contributed by atoms with Crippen LogP contribution in [0.1, 0.15) is 47.0 Å². The van der Waals surface area contributed by atoms with E-state index in [1.807, 2.05) is 13.8 Å². The molecule has 0 aromatic heterocycles. The lowest BCUT2D eigenvalue weighted by Crippen LogP contribution is -2.26. The smallest absolute Gasteiger partial charge is 0.139 e. The average Bonchev–Trinajstić information content (AvgIpc) is 2.27. The van der Waals surface area contributed by atoms with Crippen molar-refractivity contribution in [2.75, 3.05) is 6.54 Å². The van der Waals surface area contributed by atoms with Crippen LogP contribution in [0, 0.1) is 5.92 Å². The third kappa shape index (κ3) is 4.86. The number of rotatable bonds is 6. The number of carbonyl (C=O) groups is 1. The first-order valence-corrected chi connectivity index (χ1v) is 6.65. The molecule has 0 radical (unpaired) electrons. The molecule has 0 spiro atoms. The Hall–Kier alpha value is -0.890. The molecule has 1 rings (SSSR count). The summed E-state index contributed by atoms with van der Waals surface area (Å²) in [5.74, 6) is 0.478. The van der Waals surface area contributed by atoms with Crippen molar-refractivity contribution in [1.82, 2.24) is 5.32 Å². The van der Waals surface area contributed by atoms with Gasteiger partial charge < -0.3 is 5.32 Å². The average molecular weight is 235 g/mol. The topological polar surface area (TPSA) is 29.1 Å². The summed E-state index contributed by atoms with van der Waals surface area (Å²) in [7, 11) is 0. The first kappa shape index (κ1) is 14.2. The highest BCUT2D eigenvalue weighted by Crippen LogP contribution is 2.22. The minimum absolute atomic E-state index is 0.136. The minimum Gasteiger partial charge on any atom is -0.310 e. The first-order chi connectivity index (χ1) is 8.00. The quantitative estimate of drug-likeness (QED) is 0.765. The molecule has 0 heterocycles. The second-order valence-corrected chi connectivity index (χ2v) is 5.37. The zero-order chi connectivity index (χ0) is 12.8. The molecule has 17 heavy (non-hydrogen) atoms. The number of hydrogen-bond donors (Lipinski definition) is 1. The zero-order valence-electron chi connectivity index (χ0n) is 11.5. The predicted octanol–water partition coefficient (Wildman–Crippen LogP) is 3.25. The van der Waals surface area contributed by atoms with Gasteiger partial charge in [0, 0.05) is 24.9 Å². The Morgan fingerprint density at radius 1 is 1.18 bits per heavy atom. The fourth-order valence-electron chi connectivity index (χ4n) is 1.85. The monoisotopic (exact) mass is 235 g/mol. The molecule has 2 heteroatoms. The van der Waals surface area contributed by atoms with Gasteiger partial charge in [-0.1, -0.05) is 39.8 Å². The summed E-state index contributed by atoms with van der Waals surface area (Å²) in [5.41, 5.74) is 2.56. The normalized spacial score (nSPS) is 16.1. The lowest BCUT2D eigenvalue weighted by atomic mass is 9.91. The van der Waals surface area contributed by atoms with E-state index in [9.17, 15) is 4.79 Å². The van der Waals surface area contributed by atoms with Crippen molar-refractivity contribution in [2.24, 2.45) is 5.92 Å². The second kappa shape index (κ2) is 6.75. The SMILES string of the molecule is CC(C)NCC1=CCCC=C1CC(=O)C(C)C. The van der Waals surface area contributed by atoms with E-state index in [4.69, 9.17) is 0 Å². The molecule has 0 amide bonds. The highest BCUT2D eigenvalue weighted by molar-refractivity contribution is 5.83. The molecule has 0 atom stereocenters. The molecule has 96 valence electrons. The molecular formula is C15H25NO. The van der Waals surface area contributed by atoms with Crippen LogP contribution in [0.25, 0.3) is 0 Å². The van der Waals surface area contributed by atoms with E-state index >= 15 is 0 Å². The van der Waals surface area contributed by atoms with Gasteiger partial charge in [0.1, 0.15) is 5.78 Å². The van der Waals surface area contributed by atoms with E-state index in [-0.39, 0.29) is 5.92 Å². The molecule has 0 bridgehead atoms. The van der Waals surface area contributed by atoms with Gasteiger partial charge >= 0.3 is 0 Å². The second-order valence-electron chi connectivity index (χ2n) is 5.37. The van der Waals surface area contributed by atoms with E-state index < -0.39 is 0 Å². The summed E-state index contributed by atoms with van der Waals surface area (Å²) in [5, 5.41) is 3.43. The standard InChI is InChI=1S/C15H25NO/c1-11(2)15(17)9-13-7-5-6-8-14(13)10-16-12(3)4/h7-8,11-12,16H,5-6,9-10H2,1-4H3. The number of allylic oxidation sites excluding steroid dienone is 2. The van der Waals surface area contributed by atoms with Crippen LogP contribution in [0.15, 0.2) is 23.3 Å². The van der Waals surface area contributed by atoms with Crippen LogP contribution in [0.2, 0.25) is 0 Å². The lowest BCUT2D eigenvalue weighted by molar-refractivity contribution is -0.121. The molecule has 1 N–H and O–H groups in total. The van der Waals surface area contributed by atoms with Crippen molar-refractivity contribution in [3.63, 3.8) is 0 Å². The Bertz CT molecular complexity index is 324. The molecule has 0 fully saturated rings. The highest BCUT2D eigenvalue weighted by atomic mass is 16.1. The Labute approximate surface area is 105 Å². The van der Waals surface area contributed by atoms with Crippen LogP contribution in [0.5, 0.6) is 0 Å². The summed E-state index contributed by atoms with van der Waals surface area (Å²) in [4.78, 5) is 11.8. The Morgan fingerprint density at radius 3 is 2.29 bits per heavy atom. The van der Waals surface area contributed by atoms with Gasteiger partial charge in [-0.15, -0.1) is 0 Å². The summed E-state index contributed by atoms with van der Waals surface area (Å²) in [6.45, 7) is 9.12. The Kier molecular flexibility index (Phi) is 5.63. The summed E-state index contributed by atoms with van der Waals surface area (Å²) < 4.78 is 0.